The second-order valence-corrected chi connectivity index (χ2v) is 8.15. The average molecular weight is 568 g/mol. The van der Waals surface area contributed by atoms with E-state index in [1.807, 2.05) is 6.92 Å². The number of hydrogen-bond acceptors (Lipinski definition) is 4. The summed E-state index contributed by atoms with van der Waals surface area (Å²) in [4.78, 5) is 4.75. The molecule has 0 radical (unpaired) electrons. The molecule has 3 rings (SSSR count). The Morgan fingerprint density at radius 3 is 2.58 bits per heavy atom. The molecule has 1 aliphatic heterocycles. The summed E-state index contributed by atoms with van der Waals surface area (Å²) < 4.78 is 17.1. The van der Waals surface area contributed by atoms with E-state index in [0.29, 0.717) is 32.2 Å². The first-order valence-corrected chi connectivity index (χ1v) is 11.7. The van der Waals surface area contributed by atoms with Gasteiger partial charge in [0.2, 0.25) is 0 Å². The van der Waals surface area contributed by atoms with Crippen LogP contribution in [0.25, 0.3) is 0 Å². The lowest BCUT2D eigenvalue weighted by Crippen LogP contribution is -2.36. The first-order valence-electron chi connectivity index (χ1n) is 11.7. The molecule has 0 aromatic heterocycles. The Balaban J connectivity index is 0.00000385. The average Bonchev–Trinajstić information content (AvgIpc) is 3.33. The van der Waals surface area contributed by atoms with Gasteiger partial charge in [0.1, 0.15) is 5.75 Å². The first kappa shape index (κ1) is 27.4. The maximum Gasteiger partial charge on any atom is 0.191 e. The van der Waals surface area contributed by atoms with Gasteiger partial charge in [0.15, 0.2) is 5.96 Å². The van der Waals surface area contributed by atoms with Gasteiger partial charge in [-0.05, 0) is 49.9 Å². The predicted molar refractivity (Wildman–Crippen MR) is 144 cm³/mol. The van der Waals surface area contributed by atoms with E-state index in [4.69, 9.17) is 19.2 Å². The van der Waals surface area contributed by atoms with Gasteiger partial charge in [-0.25, -0.2) is 4.99 Å². The van der Waals surface area contributed by atoms with Crippen molar-refractivity contribution in [3.63, 3.8) is 0 Å². The third-order valence-electron chi connectivity index (χ3n) is 5.43. The van der Waals surface area contributed by atoms with Crippen LogP contribution in [0, 0.1) is 12.8 Å². The van der Waals surface area contributed by atoms with Crippen molar-refractivity contribution < 1.29 is 14.2 Å². The van der Waals surface area contributed by atoms with Gasteiger partial charge in [-0.3, -0.25) is 0 Å². The lowest BCUT2D eigenvalue weighted by Gasteiger charge is -2.17. The number of aryl methyl sites for hydroxylation is 1. The number of aliphatic imine (C=N–C) groups is 1. The zero-order valence-electron chi connectivity index (χ0n) is 20.1. The van der Waals surface area contributed by atoms with Crippen LogP contribution in [-0.2, 0) is 29.2 Å². The van der Waals surface area contributed by atoms with E-state index in [1.165, 1.54) is 16.7 Å². The van der Waals surface area contributed by atoms with E-state index in [1.54, 1.807) is 0 Å². The molecular weight excluding hydrogens is 529 g/mol. The number of rotatable bonds is 11. The quantitative estimate of drug-likeness (QED) is 0.232. The molecule has 0 saturated carbocycles. The largest absolute Gasteiger partial charge is 0.493 e. The molecule has 7 heteroatoms. The molecular formula is C26H38IN3O3. The third-order valence-corrected chi connectivity index (χ3v) is 5.43. The van der Waals surface area contributed by atoms with Gasteiger partial charge < -0.3 is 24.8 Å². The lowest BCUT2D eigenvalue weighted by molar-refractivity contribution is 0.134. The van der Waals surface area contributed by atoms with Crippen molar-refractivity contribution in [3.05, 3.63) is 64.7 Å². The van der Waals surface area contributed by atoms with E-state index in [9.17, 15) is 0 Å². The van der Waals surface area contributed by atoms with Crippen molar-refractivity contribution >= 4 is 29.9 Å². The van der Waals surface area contributed by atoms with Gasteiger partial charge in [-0.1, -0.05) is 36.4 Å². The smallest absolute Gasteiger partial charge is 0.191 e. The normalized spacial score (nSPS) is 15.7. The molecule has 33 heavy (non-hydrogen) atoms. The second-order valence-electron chi connectivity index (χ2n) is 8.15. The summed E-state index contributed by atoms with van der Waals surface area (Å²) in [5.41, 5.74) is 4.67. The van der Waals surface area contributed by atoms with Crippen molar-refractivity contribution in [1.29, 1.82) is 0 Å². The molecule has 0 spiro atoms. The molecule has 6 nitrogen and oxygen atoms in total. The summed E-state index contributed by atoms with van der Waals surface area (Å²) in [6.07, 6.45) is 1.07. The van der Waals surface area contributed by atoms with E-state index in [-0.39, 0.29) is 24.0 Å². The fraction of sp³-hybridized carbons (Fsp3) is 0.500. The molecule has 1 fully saturated rings. The molecule has 2 aromatic rings. The molecule has 0 aliphatic carbocycles. The van der Waals surface area contributed by atoms with E-state index < -0.39 is 0 Å². The second kappa shape index (κ2) is 15.1. The Morgan fingerprint density at radius 1 is 1.09 bits per heavy atom. The highest BCUT2D eigenvalue weighted by Gasteiger charge is 2.17. The van der Waals surface area contributed by atoms with E-state index in [2.05, 4.69) is 66.9 Å². The fourth-order valence-corrected chi connectivity index (χ4v) is 3.52. The van der Waals surface area contributed by atoms with Gasteiger partial charge in [-0.2, -0.15) is 0 Å². The van der Waals surface area contributed by atoms with E-state index in [0.717, 1.165) is 50.1 Å². The monoisotopic (exact) mass is 567 g/mol. The minimum Gasteiger partial charge on any atom is -0.493 e. The van der Waals surface area contributed by atoms with Crippen LogP contribution in [0.15, 0.2) is 47.5 Å². The topological polar surface area (TPSA) is 64.1 Å². The summed E-state index contributed by atoms with van der Waals surface area (Å²) in [5.74, 6) is 2.21. The molecule has 1 saturated heterocycles. The number of halogens is 1. The SMILES string of the molecule is CCNC(=NCc1ccc(COCC)cc1)NCc1ccc(C)cc1OCC1CCOC1.I. The maximum atomic E-state index is 6.17. The lowest BCUT2D eigenvalue weighted by atomic mass is 10.1. The zero-order chi connectivity index (χ0) is 22.6. The molecule has 1 aliphatic rings. The Hall–Kier alpha value is -1.84. The van der Waals surface area contributed by atoms with Crippen molar-refractivity contribution in [2.45, 2.75) is 46.9 Å². The van der Waals surface area contributed by atoms with Crippen molar-refractivity contribution in [2.75, 3.05) is 33.0 Å². The van der Waals surface area contributed by atoms with Crippen molar-refractivity contribution in [2.24, 2.45) is 10.9 Å². The summed E-state index contributed by atoms with van der Waals surface area (Å²) in [6.45, 7) is 12.0. The molecule has 1 unspecified atom stereocenters. The van der Waals surface area contributed by atoms with Gasteiger partial charge in [0.05, 0.1) is 26.4 Å². The highest BCUT2D eigenvalue weighted by Crippen LogP contribution is 2.22. The number of nitrogens with one attached hydrogen (secondary N) is 2. The molecule has 1 atom stereocenters. The molecule has 2 aromatic carbocycles. The van der Waals surface area contributed by atoms with Crippen LogP contribution in [0.5, 0.6) is 5.75 Å². The number of benzene rings is 2. The number of ether oxygens (including phenoxy) is 3. The molecule has 0 amide bonds. The number of hydrogen-bond donors (Lipinski definition) is 2. The summed E-state index contributed by atoms with van der Waals surface area (Å²) in [6, 6.07) is 14.8. The van der Waals surface area contributed by atoms with Gasteiger partial charge in [0, 0.05) is 37.8 Å². The zero-order valence-corrected chi connectivity index (χ0v) is 22.4. The van der Waals surface area contributed by atoms with Crippen LogP contribution in [0.1, 0.15) is 42.5 Å². The van der Waals surface area contributed by atoms with Crippen molar-refractivity contribution in [1.82, 2.24) is 10.6 Å². The summed E-state index contributed by atoms with van der Waals surface area (Å²) in [5, 5.41) is 6.78. The Labute approximate surface area is 215 Å². The van der Waals surface area contributed by atoms with Gasteiger partial charge >= 0.3 is 0 Å². The highest BCUT2D eigenvalue weighted by molar-refractivity contribution is 14.0. The van der Waals surface area contributed by atoms with Crippen LogP contribution in [0.3, 0.4) is 0 Å². The van der Waals surface area contributed by atoms with Crippen LogP contribution in [0.2, 0.25) is 0 Å². The Morgan fingerprint density at radius 2 is 1.88 bits per heavy atom. The van der Waals surface area contributed by atoms with Crippen LogP contribution in [-0.4, -0.2) is 38.9 Å². The highest BCUT2D eigenvalue weighted by atomic mass is 127. The fourth-order valence-electron chi connectivity index (χ4n) is 3.52. The Bertz CT molecular complexity index is 852. The first-order chi connectivity index (χ1) is 15.7. The van der Waals surface area contributed by atoms with E-state index >= 15 is 0 Å². The molecule has 182 valence electrons. The summed E-state index contributed by atoms with van der Waals surface area (Å²) >= 11 is 0. The predicted octanol–water partition coefficient (Wildman–Crippen LogP) is 4.82. The van der Waals surface area contributed by atoms with Crippen LogP contribution in [0.4, 0.5) is 0 Å². The van der Waals surface area contributed by atoms with Crippen molar-refractivity contribution in [3.8, 4) is 5.75 Å². The van der Waals surface area contributed by atoms with Gasteiger partial charge in [-0.15, -0.1) is 24.0 Å². The molecule has 1 heterocycles. The Kier molecular flexibility index (Phi) is 12.6. The third kappa shape index (κ3) is 9.51. The van der Waals surface area contributed by atoms with Gasteiger partial charge in [0.25, 0.3) is 0 Å². The molecule has 2 N–H and O–H groups in total. The maximum absolute atomic E-state index is 6.17. The number of guanidine groups is 1. The molecule has 0 bridgehead atoms. The van der Waals surface area contributed by atoms with Crippen LogP contribution < -0.4 is 15.4 Å². The standard InChI is InChI=1S/C26H37N3O3.HI/c1-4-27-26(28-15-21-7-9-22(10-8-21)17-30-5-2)29-16-24-11-6-20(3)14-25(24)32-19-23-12-13-31-18-23;/h6-11,14,23H,4-5,12-13,15-19H2,1-3H3,(H2,27,28,29);1H. The summed E-state index contributed by atoms with van der Waals surface area (Å²) in [7, 11) is 0. The minimum absolute atomic E-state index is 0. The van der Waals surface area contributed by atoms with Crippen LogP contribution >= 0.6 is 24.0 Å². The number of nitrogens with zero attached hydrogens (tertiary/aromatic N) is 1. The minimum atomic E-state index is 0.